The lowest BCUT2D eigenvalue weighted by Gasteiger charge is -2.27. The van der Waals surface area contributed by atoms with Crippen molar-refractivity contribution in [3.8, 4) is 11.3 Å². The maximum absolute atomic E-state index is 5.00. The number of piperazine rings is 1. The van der Waals surface area contributed by atoms with Crippen LogP contribution in [0.4, 0.5) is 11.8 Å². The minimum atomic E-state index is 0.488. The summed E-state index contributed by atoms with van der Waals surface area (Å²) in [6.45, 7) is 4.37. The highest BCUT2D eigenvalue weighted by atomic mass is 32.1. The molecular weight excluding hydrogens is 432 g/mol. The van der Waals surface area contributed by atoms with Crippen LogP contribution >= 0.6 is 11.3 Å². The van der Waals surface area contributed by atoms with Gasteiger partial charge in [0.15, 0.2) is 17.0 Å². The molecule has 4 aromatic rings. The minimum Gasteiger partial charge on any atom is -0.364 e. The van der Waals surface area contributed by atoms with Gasteiger partial charge in [0.2, 0.25) is 5.95 Å². The van der Waals surface area contributed by atoms with Crippen LogP contribution in [-0.2, 0) is 6.54 Å². The third-order valence-electron chi connectivity index (χ3n) is 6.63. The number of hydrogen-bond acceptors (Lipinski definition) is 8. The van der Waals surface area contributed by atoms with E-state index in [4.69, 9.17) is 15.0 Å². The molecule has 2 N–H and O–H groups in total. The van der Waals surface area contributed by atoms with Gasteiger partial charge in [0.1, 0.15) is 0 Å². The lowest BCUT2D eigenvalue weighted by atomic mass is 10.2. The molecule has 0 unspecified atom stereocenters. The highest BCUT2D eigenvalue weighted by Gasteiger charge is 2.23. The zero-order valence-electron chi connectivity index (χ0n) is 18.6. The Morgan fingerprint density at radius 3 is 2.70 bits per heavy atom. The SMILES string of the molecule is c1cc(-c2ccc(CNc3nc(N4CCNCC4)nc4c3ncn4C3CCCC3)cn2)cs1. The van der Waals surface area contributed by atoms with Crippen LogP contribution in [0.5, 0.6) is 0 Å². The molecule has 4 aromatic heterocycles. The minimum absolute atomic E-state index is 0.488. The Hall–Kier alpha value is -3.04. The molecule has 9 heteroatoms. The second-order valence-electron chi connectivity index (χ2n) is 8.79. The zero-order chi connectivity index (χ0) is 22.0. The Balaban J connectivity index is 1.29. The molecule has 170 valence electrons. The topological polar surface area (TPSA) is 83.8 Å². The molecule has 0 radical (unpaired) electrons. The molecular formula is C24H28N8S. The largest absolute Gasteiger partial charge is 0.364 e. The molecule has 1 aliphatic heterocycles. The molecule has 0 spiro atoms. The third-order valence-corrected chi connectivity index (χ3v) is 7.31. The van der Waals surface area contributed by atoms with Crippen molar-refractivity contribution in [2.45, 2.75) is 38.3 Å². The van der Waals surface area contributed by atoms with Crippen molar-refractivity contribution in [2.75, 3.05) is 36.4 Å². The molecule has 2 fully saturated rings. The van der Waals surface area contributed by atoms with Crippen LogP contribution in [0.1, 0.15) is 37.3 Å². The second-order valence-corrected chi connectivity index (χ2v) is 9.57. The van der Waals surface area contributed by atoms with Crippen LogP contribution in [0.3, 0.4) is 0 Å². The molecule has 5 heterocycles. The van der Waals surface area contributed by atoms with Crippen LogP contribution in [0.25, 0.3) is 22.4 Å². The average molecular weight is 461 g/mol. The van der Waals surface area contributed by atoms with Crippen molar-refractivity contribution in [1.82, 2.24) is 29.8 Å². The number of hydrogen-bond donors (Lipinski definition) is 2. The number of imidazole rings is 1. The van der Waals surface area contributed by atoms with Gasteiger partial charge < -0.3 is 20.1 Å². The normalized spacial score (nSPS) is 17.2. The van der Waals surface area contributed by atoms with E-state index in [1.165, 1.54) is 25.7 Å². The molecule has 0 aromatic carbocycles. The molecule has 0 bridgehead atoms. The van der Waals surface area contributed by atoms with Gasteiger partial charge in [-0.2, -0.15) is 21.3 Å². The standard InChI is InChI=1S/C24H28N8S/c1-2-4-19(3-1)32-16-28-21-22(29-24(30-23(21)32)31-10-8-25-9-11-31)27-14-17-5-6-20(26-13-17)18-7-12-33-15-18/h5-7,12-13,15-16,19,25H,1-4,8-11,14H2,(H,27,29,30). The number of fused-ring (bicyclic) bond motifs is 1. The quantitative estimate of drug-likeness (QED) is 0.448. The van der Waals surface area contributed by atoms with Gasteiger partial charge >= 0.3 is 0 Å². The summed E-state index contributed by atoms with van der Waals surface area (Å²) in [6, 6.07) is 6.79. The van der Waals surface area contributed by atoms with E-state index in [2.05, 4.69) is 54.0 Å². The van der Waals surface area contributed by atoms with Crippen molar-refractivity contribution < 1.29 is 0 Å². The maximum atomic E-state index is 5.00. The predicted molar refractivity (Wildman–Crippen MR) is 133 cm³/mol. The fraction of sp³-hybridized carbons (Fsp3) is 0.417. The van der Waals surface area contributed by atoms with Gasteiger partial charge in [0.25, 0.3) is 0 Å². The summed E-state index contributed by atoms with van der Waals surface area (Å²) in [5, 5.41) is 11.1. The summed E-state index contributed by atoms with van der Waals surface area (Å²) in [7, 11) is 0. The molecule has 33 heavy (non-hydrogen) atoms. The van der Waals surface area contributed by atoms with E-state index < -0.39 is 0 Å². The summed E-state index contributed by atoms with van der Waals surface area (Å²) in [6.07, 6.45) is 8.85. The average Bonchev–Trinajstić information content (AvgIpc) is 3.65. The Kier molecular flexibility index (Phi) is 5.65. The Labute approximate surface area is 197 Å². The smallest absolute Gasteiger partial charge is 0.229 e. The maximum Gasteiger partial charge on any atom is 0.229 e. The Morgan fingerprint density at radius 2 is 1.94 bits per heavy atom. The molecule has 1 aliphatic carbocycles. The van der Waals surface area contributed by atoms with Crippen molar-refractivity contribution in [3.05, 3.63) is 47.0 Å². The number of nitrogens with zero attached hydrogens (tertiary/aromatic N) is 6. The van der Waals surface area contributed by atoms with Gasteiger partial charge in [-0.3, -0.25) is 4.98 Å². The Morgan fingerprint density at radius 1 is 1.06 bits per heavy atom. The van der Waals surface area contributed by atoms with Gasteiger partial charge in [0, 0.05) is 55.9 Å². The second kappa shape index (κ2) is 9.07. The summed E-state index contributed by atoms with van der Waals surface area (Å²) >= 11 is 1.69. The van der Waals surface area contributed by atoms with E-state index in [0.29, 0.717) is 12.6 Å². The number of aromatic nitrogens is 5. The highest BCUT2D eigenvalue weighted by molar-refractivity contribution is 7.08. The van der Waals surface area contributed by atoms with Crippen molar-refractivity contribution in [3.63, 3.8) is 0 Å². The van der Waals surface area contributed by atoms with E-state index in [9.17, 15) is 0 Å². The van der Waals surface area contributed by atoms with Gasteiger partial charge in [-0.15, -0.1) is 0 Å². The monoisotopic (exact) mass is 460 g/mol. The van der Waals surface area contributed by atoms with E-state index in [1.807, 2.05) is 12.5 Å². The van der Waals surface area contributed by atoms with Crippen molar-refractivity contribution >= 4 is 34.3 Å². The molecule has 1 saturated heterocycles. The summed E-state index contributed by atoms with van der Waals surface area (Å²) < 4.78 is 2.28. The van der Waals surface area contributed by atoms with Crippen molar-refractivity contribution in [2.24, 2.45) is 0 Å². The number of rotatable bonds is 6. The fourth-order valence-corrected chi connectivity index (χ4v) is 5.43. The highest BCUT2D eigenvalue weighted by Crippen LogP contribution is 2.33. The van der Waals surface area contributed by atoms with Gasteiger partial charge in [-0.05, 0) is 35.9 Å². The lowest BCUT2D eigenvalue weighted by molar-refractivity contribution is 0.528. The van der Waals surface area contributed by atoms with Crippen molar-refractivity contribution in [1.29, 1.82) is 0 Å². The zero-order valence-corrected chi connectivity index (χ0v) is 19.4. The van der Waals surface area contributed by atoms with Crippen LogP contribution in [-0.4, -0.2) is 50.7 Å². The summed E-state index contributed by atoms with van der Waals surface area (Å²) in [5.74, 6) is 1.59. The molecule has 0 atom stereocenters. The van der Waals surface area contributed by atoms with Crippen LogP contribution < -0.4 is 15.5 Å². The summed E-state index contributed by atoms with van der Waals surface area (Å²) in [5.41, 5.74) is 5.07. The van der Waals surface area contributed by atoms with Crippen LogP contribution in [0.15, 0.2) is 41.5 Å². The van der Waals surface area contributed by atoms with Gasteiger partial charge in [-0.1, -0.05) is 18.9 Å². The molecule has 2 aliphatic rings. The first kappa shape index (κ1) is 20.6. The predicted octanol–water partition coefficient (Wildman–Crippen LogP) is 4.09. The summed E-state index contributed by atoms with van der Waals surface area (Å²) in [4.78, 5) is 21.6. The number of thiophene rings is 1. The van der Waals surface area contributed by atoms with E-state index in [1.54, 1.807) is 11.3 Å². The number of pyridine rings is 1. The molecule has 8 nitrogen and oxygen atoms in total. The fourth-order valence-electron chi connectivity index (χ4n) is 4.78. The first-order valence-electron chi connectivity index (χ1n) is 11.8. The van der Waals surface area contributed by atoms with E-state index in [0.717, 1.165) is 65.9 Å². The number of nitrogens with one attached hydrogen (secondary N) is 2. The van der Waals surface area contributed by atoms with Gasteiger partial charge in [-0.25, -0.2) is 4.98 Å². The van der Waals surface area contributed by atoms with E-state index >= 15 is 0 Å². The van der Waals surface area contributed by atoms with E-state index in [-0.39, 0.29) is 0 Å². The molecule has 0 amide bonds. The van der Waals surface area contributed by atoms with Gasteiger partial charge in [0.05, 0.1) is 12.0 Å². The first-order valence-corrected chi connectivity index (χ1v) is 12.7. The number of anilines is 2. The van der Waals surface area contributed by atoms with Crippen LogP contribution in [0.2, 0.25) is 0 Å². The Bertz CT molecular complexity index is 1210. The first-order chi connectivity index (χ1) is 16.3. The molecule has 6 rings (SSSR count). The van der Waals surface area contributed by atoms with Crippen LogP contribution in [0, 0.1) is 0 Å². The third kappa shape index (κ3) is 4.18. The molecule has 1 saturated carbocycles. The lowest BCUT2D eigenvalue weighted by Crippen LogP contribution is -2.44.